The summed E-state index contributed by atoms with van der Waals surface area (Å²) in [5.74, 6) is 0.316. The summed E-state index contributed by atoms with van der Waals surface area (Å²) in [6, 6.07) is 3.80. The van der Waals surface area contributed by atoms with Gasteiger partial charge < -0.3 is 14.5 Å². The Hall–Kier alpha value is -2.39. The fraction of sp³-hybridized carbons (Fsp3) is 0.526. The second kappa shape index (κ2) is 8.32. The van der Waals surface area contributed by atoms with Crippen molar-refractivity contribution in [2.75, 3.05) is 26.2 Å². The van der Waals surface area contributed by atoms with Crippen LogP contribution in [-0.4, -0.2) is 68.5 Å². The lowest BCUT2D eigenvalue weighted by molar-refractivity contribution is -0.132. The quantitative estimate of drug-likeness (QED) is 0.729. The molecule has 0 aromatic carbocycles. The van der Waals surface area contributed by atoms with E-state index in [9.17, 15) is 9.59 Å². The summed E-state index contributed by atoms with van der Waals surface area (Å²) in [7, 11) is 0. The number of amides is 2. The summed E-state index contributed by atoms with van der Waals surface area (Å²) < 4.78 is 9.95. The van der Waals surface area contributed by atoms with Crippen molar-refractivity contribution >= 4 is 23.3 Å². The molecule has 148 valence electrons. The van der Waals surface area contributed by atoms with Crippen LogP contribution >= 0.6 is 11.5 Å². The molecule has 0 N–H and O–H groups in total. The molecule has 0 radical (unpaired) electrons. The Morgan fingerprint density at radius 1 is 1.36 bits per heavy atom. The third kappa shape index (κ3) is 4.53. The van der Waals surface area contributed by atoms with Crippen molar-refractivity contribution in [1.82, 2.24) is 24.4 Å². The summed E-state index contributed by atoms with van der Waals surface area (Å²) in [6.45, 7) is 3.77. The predicted molar refractivity (Wildman–Crippen MR) is 103 cm³/mol. The maximum atomic E-state index is 13.0. The van der Waals surface area contributed by atoms with Gasteiger partial charge in [0.25, 0.3) is 5.91 Å². The number of hydrogen-bond acceptors (Lipinski definition) is 7. The molecule has 8 nitrogen and oxygen atoms in total. The summed E-state index contributed by atoms with van der Waals surface area (Å²) in [6.07, 6.45) is 5.64. The molecule has 0 unspecified atom stereocenters. The highest BCUT2D eigenvalue weighted by atomic mass is 32.1. The number of rotatable bonds is 6. The van der Waals surface area contributed by atoms with Crippen LogP contribution in [-0.2, 0) is 16.1 Å². The van der Waals surface area contributed by atoms with Gasteiger partial charge in [0, 0.05) is 38.6 Å². The van der Waals surface area contributed by atoms with Crippen molar-refractivity contribution in [2.24, 2.45) is 5.92 Å². The smallest absolute Gasteiger partial charge is 0.268 e. The fourth-order valence-electron chi connectivity index (χ4n) is 3.23. The van der Waals surface area contributed by atoms with Crippen molar-refractivity contribution in [1.29, 1.82) is 0 Å². The molecule has 2 amide bonds. The minimum atomic E-state index is -0.214. The second-order valence-electron chi connectivity index (χ2n) is 7.41. The standard InChI is InChI=1S/C19H23N5O3S/c1-13-18(28-22-21-13)19(26)24-10-16(27-12-14-4-5-14)9-23(17(25)11-24)8-15-3-2-6-20-7-15/h2-3,6-7,14,16H,4-5,8-12H2,1H3/t16-/m1/s1. The van der Waals surface area contributed by atoms with Gasteiger partial charge in [-0.25, -0.2) is 0 Å². The minimum Gasteiger partial charge on any atom is -0.374 e. The lowest BCUT2D eigenvalue weighted by atomic mass is 10.2. The highest BCUT2D eigenvalue weighted by molar-refractivity contribution is 7.07. The topological polar surface area (TPSA) is 88.5 Å². The molecule has 1 atom stereocenters. The first-order chi connectivity index (χ1) is 13.6. The maximum Gasteiger partial charge on any atom is 0.268 e. The van der Waals surface area contributed by atoms with E-state index in [2.05, 4.69) is 14.6 Å². The number of nitrogens with zero attached hydrogens (tertiary/aromatic N) is 5. The van der Waals surface area contributed by atoms with Crippen molar-refractivity contribution in [3.8, 4) is 0 Å². The monoisotopic (exact) mass is 401 g/mol. The number of hydrogen-bond donors (Lipinski definition) is 0. The normalized spacial score (nSPS) is 20.3. The van der Waals surface area contributed by atoms with E-state index in [4.69, 9.17) is 4.74 Å². The van der Waals surface area contributed by atoms with Crippen LogP contribution in [0.2, 0.25) is 0 Å². The van der Waals surface area contributed by atoms with Crippen molar-refractivity contribution in [2.45, 2.75) is 32.4 Å². The number of aromatic nitrogens is 3. The summed E-state index contributed by atoms with van der Waals surface area (Å²) in [5.41, 5.74) is 1.55. The number of ether oxygens (including phenoxy) is 1. The van der Waals surface area contributed by atoms with Crippen molar-refractivity contribution < 1.29 is 14.3 Å². The van der Waals surface area contributed by atoms with Gasteiger partial charge in [-0.3, -0.25) is 14.6 Å². The number of aryl methyl sites for hydroxylation is 1. The zero-order valence-corrected chi connectivity index (χ0v) is 16.6. The molecule has 0 bridgehead atoms. The Bertz CT molecular complexity index is 839. The van der Waals surface area contributed by atoms with Gasteiger partial charge in [-0.05, 0) is 48.8 Å². The second-order valence-corrected chi connectivity index (χ2v) is 8.16. The zero-order chi connectivity index (χ0) is 19.5. The third-order valence-corrected chi connectivity index (χ3v) is 5.84. The third-order valence-electron chi connectivity index (χ3n) is 5.02. The zero-order valence-electron chi connectivity index (χ0n) is 15.8. The molecule has 2 fully saturated rings. The van der Waals surface area contributed by atoms with E-state index in [-0.39, 0.29) is 24.5 Å². The Kier molecular flexibility index (Phi) is 5.63. The first kappa shape index (κ1) is 18.9. The molecule has 1 aliphatic heterocycles. The highest BCUT2D eigenvalue weighted by Crippen LogP contribution is 2.29. The molecule has 3 heterocycles. The molecule has 28 heavy (non-hydrogen) atoms. The fourth-order valence-corrected chi connectivity index (χ4v) is 3.86. The largest absolute Gasteiger partial charge is 0.374 e. The van der Waals surface area contributed by atoms with Gasteiger partial charge in [0.1, 0.15) is 11.4 Å². The van der Waals surface area contributed by atoms with E-state index in [1.807, 2.05) is 12.1 Å². The summed E-state index contributed by atoms with van der Waals surface area (Å²) in [4.78, 5) is 33.8. The lowest BCUT2D eigenvalue weighted by Crippen LogP contribution is -2.39. The van der Waals surface area contributed by atoms with Crippen LogP contribution in [0, 0.1) is 12.8 Å². The molecule has 1 saturated carbocycles. The summed E-state index contributed by atoms with van der Waals surface area (Å²) >= 11 is 1.07. The lowest BCUT2D eigenvalue weighted by Gasteiger charge is -2.24. The van der Waals surface area contributed by atoms with Gasteiger partial charge in [-0.1, -0.05) is 10.6 Å². The van der Waals surface area contributed by atoms with Gasteiger partial charge in [-0.15, -0.1) is 5.10 Å². The van der Waals surface area contributed by atoms with Crippen LogP contribution in [0.3, 0.4) is 0 Å². The Morgan fingerprint density at radius 2 is 2.21 bits per heavy atom. The van der Waals surface area contributed by atoms with Gasteiger partial charge in [0.2, 0.25) is 5.91 Å². The molecule has 1 aliphatic carbocycles. The van der Waals surface area contributed by atoms with Crippen molar-refractivity contribution in [3.05, 3.63) is 40.7 Å². The molecule has 0 spiro atoms. The number of pyridine rings is 1. The molecule has 2 aromatic heterocycles. The van der Waals surface area contributed by atoms with Gasteiger partial charge >= 0.3 is 0 Å². The van der Waals surface area contributed by atoms with Crippen LogP contribution < -0.4 is 0 Å². The molecule has 1 saturated heterocycles. The molecule has 2 aromatic rings. The van der Waals surface area contributed by atoms with E-state index in [1.54, 1.807) is 29.1 Å². The van der Waals surface area contributed by atoms with Crippen LogP contribution in [0.25, 0.3) is 0 Å². The SMILES string of the molecule is Cc1nnsc1C(=O)N1CC(=O)N(Cc2cccnc2)C[C@@H](OCC2CC2)C1. The van der Waals surface area contributed by atoms with Gasteiger partial charge in [-0.2, -0.15) is 0 Å². The average molecular weight is 401 g/mol. The molecule has 9 heteroatoms. The van der Waals surface area contributed by atoms with Gasteiger partial charge in [0.05, 0.1) is 11.8 Å². The van der Waals surface area contributed by atoms with E-state index in [0.717, 1.165) is 17.1 Å². The Morgan fingerprint density at radius 3 is 2.89 bits per heavy atom. The average Bonchev–Trinajstić information content (AvgIpc) is 3.45. The Balaban J connectivity index is 1.51. The predicted octanol–water partition coefficient (Wildman–Crippen LogP) is 1.52. The molecule has 2 aliphatic rings. The molecular formula is C19H23N5O3S. The van der Waals surface area contributed by atoms with E-state index in [1.165, 1.54) is 12.8 Å². The van der Waals surface area contributed by atoms with E-state index >= 15 is 0 Å². The molecular weight excluding hydrogens is 378 g/mol. The van der Waals surface area contributed by atoms with Crippen LogP contribution in [0.5, 0.6) is 0 Å². The van der Waals surface area contributed by atoms with Gasteiger partial charge in [0.15, 0.2) is 0 Å². The van der Waals surface area contributed by atoms with Crippen LogP contribution in [0.15, 0.2) is 24.5 Å². The van der Waals surface area contributed by atoms with Crippen LogP contribution in [0.1, 0.15) is 33.8 Å². The van der Waals surface area contributed by atoms with E-state index < -0.39 is 0 Å². The highest BCUT2D eigenvalue weighted by Gasteiger charge is 2.33. The minimum absolute atomic E-state index is 0.0275. The Labute approximate surface area is 167 Å². The maximum absolute atomic E-state index is 13.0. The first-order valence-corrected chi connectivity index (χ1v) is 10.2. The first-order valence-electron chi connectivity index (χ1n) is 9.46. The molecule has 4 rings (SSSR count). The van der Waals surface area contributed by atoms with Crippen molar-refractivity contribution in [3.63, 3.8) is 0 Å². The summed E-state index contributed by atoms with van der Waals surface area (Å²) in [5, 5.41) is 3.92. The van der Waals surface area contributed by atoms with E-state index in [0.29, 0.717) is 42.7 Å². The number of carbonyl (C=O) groups is 2. The van der Waals surface area contributed by atoms with Crippen LogP contribution in [0.4, 0.5) is 0 Å². The number of carbonyl (C=O) groups excluding carboxylic acids is 2.